The van der Waals surface area contributed by atoms with Crippen molar-refractivity contribution in [3.63, 3.8) is 0 Å². The number of allylic oxidation sites excluding steroid dienone is 3. The molecular formula is C81H115ClN2O7. The summed E-state index contributed by atoms with van der Waals surface area (Å²) in [7, 11) is 0. The maximum Gasteiger partial charge on any atom is 0.336 e. The third-order valence-corrected chi connectivity index (χ3v) is 28.2. The standard InChI is InChI=1S/C35H43NO2.C24H36O3.C22H35NO2.ClH/c1-33(2)19-11-20-34(3)29(33)18-21-35(22-23-35)30(34)17-10-16-27-28(24-38-32(27)37)36-31(25-12-6-4-7-13-25)26-14-8-5-9-15-26;1-22(2)10-5-11-23(3)19(22)8-12-24(13-14-24)20(23)7-4-6-18-17(9-15-25)16-27-21(18)26;1-20(2)9-5-10-21(3)17(20)8-11-22(12-13-22)18(21)7-4-6-15-16(23)14-25-19(15)24;/h4-9,12-16,28-30H,10-11,17-24H2,1-3H3;6,15,17,19-20H,4-5,7-14,16H2,1-3H3;6,16-18H,4-5,7-14,23H2,1-3H3;1H/b27-16-;18-6-;15-6-;/t28-,29+,30-,34+;17-,19+,20-,23+;16-,17+,18-,21+;/m111./s1. The van der Waals surface area contributed by atoms with Gasteiger partial charge in [0.05, 0.1) is 29.5 Å². The van der Waals surface area contributed by atoms with Crippen molar-refractivity contribution >= 4 is 42.3 Å². The van der Waals surface area contributed by atoms with Gasteiger partial charge in [-0.1, -0.05) is 160 Å². The second-order valence-corrected chi connectivity index (χ2v) is 34.5. The molecular weight excluding hydrogens is 1150 g/mol. The Labute approximate surface area is 554 Å². The molecule has 3 heterocycles. The number of nitrogens with zero attached hydrogens (tertiary/aromatic N) is 1. The molecule has 12 fully saturated rings. The summed E-state index contributed by atoms with van der Waals surface area (Å²) >= 11 is 0. The number of fused-ring (bicyclic) bond motifs is 3. The van der Waals surface area contributed by atoms with Crippen molar-refractivity contribution in [3.8, 4) is 0 Å². The van der Waals surface area contributed by atoms with Gasteiger partial charge in [-0.05, 0) is 238 Å². The summed E-state index contributed by atoms with van der Waals surface area (Å²) in [5.74, 6) is 4.26. The van der Waals surface area contributed by atoms with Crippen molar-refractivity contribution < 1.29 is 33.4 Å². The average Bonchev–Trinajstić information content (AvgIpc) is 1.66. The van der Waals surface area contributed by atoms with Gasteiger partial charge in [-0.3, -0.25) is 4.99 Å². The van der Waals surface area contributed by atoms with E-state index in [-0.39, 0.29) is 48.3 Å². The van der Waals surface area contributed by atoms with Crippen LogP contribution in [0.25, 0.3) is 0 Å². The van der Waals surface area contributed by atoms with E-state index in [2.05, 4.69) is 105 Å². The minimum absolute atomic E-state index is 0. The molecule has 12 atom stereocenters. The fraction of sp³-hybridized carbons (Fsp3) is 0.716. The van der Waals surface area contributed by atoms with Crippen LogP contribution < -0.4 is 5.73 Å². The minimum Gasteiger partial charge on any atom is -0.462 e. The highest BCUT2D eigenvalue weighted by molar-refractivity contribution is 6.13. The molecule has 9 nitrogen and oxygen atoms in total. The van der Waals surface area contributed by atoms with Crippen LogP contribution in [0.2, 0.25) is 0 Å². The zero-order valence-corrected chi connectivity index (χ0v) is 58.3. The molecule has 91 heavy (non-hydrogen) atoms. The molecule has 0 aromatic heterocycles. The Bertz CT molecular complexity index is 3050. The molecule has 0 bridgehead atoms. The lowest BCUT2D eigenvalue weighted by Gasteiger charge is -2.60. The van der Waals surface area contributed by atoms with Crippen LogP contribution in [0, 0.1) is 90.2 Å². The molecule has 3 spiro atoms. The zero-order chi connectivity index (χ0) is 63.5. The van der Waals surface area contributed by atoms with Gasteiger partial charge >= 0.3 is 17.9 Å². The van der Waals surface area contributed by atoms with Crippen LogP contribution >= 0.6 is 12.4 Å². The third kappa shape index (κ3) is 13.3. The van der Waals surface area contributed by atoms with Gasteiger partial charge in [0.25, 0.3) is 0 Å². The molecule has 2 aromatic rings. The van der Waals surface area contributed by atoms with Gasteiger partial charge in [0.2, 0.25) is 0 Å². The number of carbonyl (C=O) groups excluding carboxylic acids is 4. The lowest BCUT2D eigenvalue weighted by molar-refractivity contribution is -0.136. The molecule has 10 heteroatoms. The van der Waals surface area contributed by atoms with Crippen LogP contribution in [0.3, 0.4) is 0 Å². The first-order valence-corrected chi connectivity index (χ1v) is 36.4. The van der Waals surface area contributed by atoms with Gasteiger partial charge in [0.1, 0.15) is 25.5 Å². The summed E-state index contributed by atoms with van der Waals surface area (Å²) in [6.07, 6.45) is 43.5. The van der Waals surface area contributed by atoms with Crippen LogP contribution in [0.15, 0.2) is 101 Å². The molecule has 3 aliphatic heterocycles. The lowest BCUT2D eigenvalue weighted by atomic mass is 9.45. The van der Waals surface area contributed by atoms with Crippen LogP contribution in [-0.2, 0) is 33.4 Å². The Morgan fingerprint density at radius 2 is 0.835 bits per heavy atom. The van der Waals surface area contributed by atoms with E-state index in [0.717, 1.165) is 89.0 Å². The number of aldehydes is 1. The first-order chi connectivity index (χ1) is 42.9. The van der Waals surface area contributed by atoms with Crippen molar-refractivity contribution in [2.24, 2.45) is 101 Å². The molecule has 2 aromatic carbocycles. The van der Waals surface area contributed by atoms with Crippen LogP contribution in [-0.4, -0.2) is 61.8 Å². The Morgan fingerprint density at radius 1 is 0.473 bits per heavy atom. The Kier molecular flexibility index (Phi) is 19.7. The number of carbonyl (C=O) groups is 4. The number of ether oxygens (including phenoxy) is 3. The summed E-state index contributed by atoms with van der Waals surface area (Å²) in [6, 6.07) is 20.1. The molecule has 0 radical (unpaired) electrons. The van der Waals surface area contributed by atoms with E-state index >= 15 is 0 Å². The number of aliphatic imine (C=N–C) groups is 1. The topological polar surface area (TPSA) is 134 Å². The lowest BCUT2D eigenvalue weighted by Crippen LogP contribution is -2.52. The van der Waals surface area contributed by atoms with Crippen LogP contribution in [0.1, 0.15) is 253 Å². The van der Waals surface area contributed by atoms with Crippen molar-refractivity contribution in [1.29, 1.82) is 0 Å². The Morgan fingerprint density at radius 3 is 1.22 bits per heavy atom. The molecule has 498 valence electrons. The summed E-state index contributed by atoms with van der Waals surface area (Å²) in [5.41, 5.74) is 15.8. The first kappa shape index (κ1) is 68.1. The van der Waals surface area contributed by atoms with Gasteiger partial charge in [-0.15, -0.1) is 12.4 Å². The maximum absolute atomic E-state index is 12.9. The Balaban J connectivity index is 0.000000143. The maximum atomic E-state index is 12.9. The smallest absolute Gasteiger partial charge is 0.336 e. The predicted molar refractivity (Wildman–Crippen MR) is 367 cm³/mol. The normalized spacial score (nSPS) is 37.3. The second-order valence-electron chi connectivity index (χ2n) is 34.5. The molecule has 3 saturated heterocycles. The highest BCUT2D eigenvalue weighted by Gasteiger charge is 2.66. The Hall–Kier alpha value is -4.34. The minimum atomic E-state index is -0.254. The number of hydrogen-bond acceptors (Lipinski definition) is 9. The molecule has 0 unspecified atom stereocenters. The van der Waals surface area contributed by atoms with Crippen LogP contribution in [0.4, 0.5) is 0 Å². The monoisotopic (exact) mass is 1260 g/mol. The van der Waals surface area contributed by atoms with Gasteiger partial charge in [-0.25, -0.2) is 14.4 Å². The number of rotatable bonds is 14. The fourth-order valence-electron chi connectivity index (χ4n) is 23.5. The number of benzene rings is 2. The van der Waals surface area contributed by atoms with Gasteiger partial charge in [-0.2, -0.15) is 0 Å². The molecule has 12 aliphatic rings. The molecule has 9 saturated carbocycles. The summed E-state index contributed by atoms with van der Waals surface area (Å²) < 4.78 is 15.8. The number of halogens is 1. The zero-order valence-electron chi connectivity index (χ0n) is 57.5. The predicted octanol–water partition coefficient (Wildman–Crippen LogP) is 18.7. The van der Waals surface area contributed by atoms with Crippen molar-refractivity contribution in [1.82, 2.24) is 0 Å². The van der Waals surface area contributed by atoms with Crippen molar-refractivity contribution in [3.05, 3.63) is 107 Å². The fourth-order valence-corrected chi connectivity index (χ4v) is 23.5. The third-order valence-electron chi connectivity index (χ3n) is 28.2. The summed E-state index contributed by atoms with van der Waals surface area (Å²) in [5, 5.41) is 0. The van der Waals surface area contributed by atoms with E-state index in [1.165, 1.54) is 154 Å². The van der Waals surface area contributed by atoms with Crippen molar-refractivity contribution in [2.45, 2.75) is 254 Å². The van der Waals surface area contributed by atoms with E-state index in [4.69, 9.17) is 24.9 Å². The van der Waals surface area contributed by atoms with Crippen LogP contribution in [0.5, 0.6) is 0 Å². The SMILES string of the molecule is CC1(C)CCC[C@@]2(C)[C@H]1CCC1(CC1)[C@@H]2CC/C=C1\C(=O)OC[C@H]1CC=O.CC1(C)CCC[C@@]2(C)[C@H]1CCC1(CC1)[C@@H]2CC/C=C1\C(=O)OC[C@H]1N.CC1(C)CCC[C@@]2(C)[C@H]1CCC1(CC1)[C@@H]2CC/C=C1\C(=O)OC[C@H]1N=C(c1ccccc1)c1ccccc1.Cl. The van der Waals surface area contributed by atoms with E-state index in [1.807, 2.05) is 36.4 Å². The van der Waals surface area contributed by atoms with Gasteiger partial charge < -0.3 is 24.7 Å². The highest BCUT2D eigenvalue weighted by atomic mass is 35.5. The quantitative estimate of drug-likeness (QED) is 0.0650. The number of cyclic esters (lactones) is 3. The van der Waals surface area contributed by atoms with E-state index in [0.29, 0.717) is 80.5 Å². The number of esters is 3. The molecule has 0 amide bonds. The molecule has 9 aliphatic carbocycles. The largest absolute Gasteiger partial charge is 0.462 e. The van der Waals surface area contributed by atoms with Crippen molar-refractivity contribution in [2.75, 3.05) is 19.8 Å². The summed E-state index contributed by atoms with van der Waals surface area (Å²) in [6.45, 7) is 23.9. The van der Waals surface area contributed by atoms with Gasteiger partial charge in [0.15, 0.2) is 0 Å². The second kappa shape index (κ2) is 26.3. The molecule has 2 N–H and O–H groups in total. The molecule has 14 rings (SSSR count). The van der Waals surface area contributed by atoms with E-state index in [9.17, 15) is 19.2 Å². The first-order valence-electron chi connectivity index (χ1n) is 36.4. The highest BCUT2D eigenvalue weighted by Crippen LogP contribution is 2.75. The van der Waals surface area contributed by atoms with E-state index < -0.39 is 0 Å². The summed E-state index contributed by atoms with van der Waals surface area (Å²) in [4.78, 5) is 52.8. The average molecular weight is 1260 g/mol. The van der Waals surface area contributed by atoms with E-state index in [1.54, 1.807) is 0 Å². The number of nitrogens with two attached hydrogens (primary N) is 1. The number of hydrogen-bond donors (Lipinski definition) is 1. The van der Waals surface area contributed by atoms with Gasteiger partial charge in [0, 0.05) is 29.0 Å².